The fourth-order valence-corrected chi connectivity index (χ4v) is 3.34. The largest absolute Gasteiger partial charge is 0.497 e. The van der Waals surface area contributed by atoms with Crippen LogP contribution < -0.4 is 10.3 Å². The highest BCUT2D eigenvalue weighted by atomic mass is 32.2. The second kappa shape index (κ2) is 7.69. The maximum atomic E-state index is 13.0. The molecule has 7 heteroatoms. The molecule has 0 radical (unpaired) electrons. The van der Waals surface area contributed by atoms with Crippen LogP contribution in [-0.4, -0.2) is 45.3 Å². The van der Waals surface area contributed by atoms with Gasteiger partial charge in [-0.1, -0.05) is 30.0 Å². The Kier molecular flexibility index (Phi) is 5.37. The zero-order chi connectivity index (χ0) is 17.8. The van der Waals surface area contributed by atoms with E-state index in [1.165, 1.54) is 16.3 Å². The van der Waals surface area contributed by atoms with Crippen molar-refractivity contribution in [3.63, 3.8) is 0 Å². The van der Waals surface area contributed by atoms with Crippen molar-refractivity contribution in [1.82, 2.24) is 9.55 Å². The van der Waals surface area contributed by atoms with E-state index < -0.39 is 6.10 Å². The van der Waals surface area contributed by atoms with Crippen molar-refractivity contribution in [2.75, 3.05) is 19.5 Å². The normalized spacial score (nSPS) is 12.3. The second-order valence-electron chi connectivity index (χ2n) is 5.40. The smallest absolute Gasteiger partial charge is 0.266 e. The second-order valence-corrected chi connectivity index (χ2v) is 6.39. The predicted octanol–water partition coefficient (Wildman–Crippen LogP) is 1.84. The van der Waals surface area contributed by atoms with Crippen LogP contribution in [0.2, 0.25) is 0 Å². The van der Waals surface area contributed by atoms with Gasteiger partial charge in [-0.3, -0.25) is 9.36 Å². The van der Waals surface area contributed by atoms with Gasteiger partial charge in [-0.25, -0.2) is 4.98 Å². The van der Waals surface area contributed by atoms with E-state index in [0.29, 0.717) is 27.5 Å². The van der Waals surface area contributed by atoms with E-state index >= 15 is 0 Å². The van der Waals surface area contributed by atoms with Crippen molar-refractivity contribution in [3.05, 3.63) is 58.9 Å². The molecule has 0 aliphatic heterocycles. The number of nitrogens with zero attached hydrogens (tertiary/aromatic N) is 2. The number of rotatable bonds is 6. The summed E-state index contributed by atoms with van der Waals surface area (Å²) in [7, 11) is 1.56. The van der Waals surface area contributed by atoms with Crippen LogP contribution >= 0.6 is 11.8 Å². The summed E-state index contributed by atoms with van der Waals surface area (Å²) < 4.78 is 6.74. The van der Waals surface area contributed by atoms with Crippen LogP contribution in [0, 0.1) is 0 Å². The molecule has 130 valence electrons. The zero-order valence-electron chi connectivity index (χ0n) is 13.6. The standard InChI is InChI=1S/C18H18N2O4S/c1-24-14-6-4-5-12(9-14)20-17(23)15-7-2-3-8-16(15)19-18(20)25-11-13(22)10-21/h2-9,13,21-22H,10-11H2,1H3. The average molecular weight is 358 g/mol. The predicted molar refractivity (Wildman–Crippen MR) is 97.7 cm³/mol. The molecular weight excluding hydrogens is 340 g/mol. The first-order chi connectivity index (χ1) is 12.1. The minimum Gasteiger partial charge on any atom is -0.497 e. The van der Waals surface area contributed by atoms with Crippen LogP contribution in [0.5, 0.6) is 5.75 Å². The van der Waals surface area contributed by atoms with Crippen molar-refractivity contribution in [3.8, 4) is 11.4 Å². The topological polar surface area (TPSA) is 84.6 Å². The maximum Gasteiger partial charge on any atom is 0.266 e. The van der Waals surface area contributed by atoms with E-state index in [4.69, 9.17) is 9.84 Å². The molecular formula is C18H18N2O4S. The lowest BCUT2D eigenvalue weighted by Gasteiger charge is -2.15. The van der Waals surface area contributed by atoms with E-state index in [0.717, 1.165) is 0 Å². The fourth-order valence-electron chi connectivity index (χ4n) is 2.41. The average Bonchev–Trinajstić information content (AvgIpc) is 2.66. The highest BCUT2D eigenvalue weighted by Gasteiger charge is 2.15. The van der Waals surface area contributed by atoms with Crippen molar-refractivity contribution in [2.45, 2.75) is 11.3 Å². The first-order valence-electron chi connectivity index (χ1n) is 7.72. The summed E-state index contributed by atoms with van der Waals surface area (Å²) in [5.74, 6) is 0.856. The van der Waals surface area contributed by atoms with E-state index in [-0.39, 0.29) is 17.9 Å². The van der Waals surface area contributed by atoms with Crippen LogP contribution in [0.15, 0.2) is 58.5 Å². The van der Waals surface area contributed by atoms with Gasteiger partial charge in [0.25, 0.3) is 5.56 Å². The van der Waals surface area contributed by atoms with E-state index in [1.54, 1.807) is 49.6 Å². The Labute approximate surface area is 148 Å². The lowest BCUT2D eigenvalue weighted by Crippen LogP contribution is -2.23. The highest BCUT2D eigenvalue weighted by Crippen LogP contribution is 2.24. The van der Waals surface area contributed by atoms with Gasteiger partial charge >= 0.3 is 0 Å². The third-order valence-electron chi connectivity index (χ3n) is 3.67. The Hall–Kier alpha value is -2.35. The number of aliphatic hydroxyl groups excluding tert-OH is 2. The summed E-state index contributed by atoms with van der Waals surface area (Å²) >= 11 is 1.22. The lowest BCUT2D eigenvalue weighted by molar-refractivity contribution is 0.113. The molecule has 1 unspecified atom stereocenters. The molecule has 0 amide bonds. The van der Waals surface area contributed by atoms with Gasteiger partial charge in [-0.05, 0) is 24.3 Å². The first-order valence-corrected chi connectivity index (χ1v) is 8.70. The number of benzene rings is 2. The van der Waals surface area contributed by atoms with Gasteiger partial charge in [0.15, 0.2) is 5.16 Å². The number of aliphatic hydroxyl groups is 2. The molecule has 6 nitrogen and oxygen atoms in total. The number of methoxy groups -OCH3 is 1. The van der Waals surface area contributed by atoms with Gasteiger partial charge in [0.05, 0.1) is 36.4 Å². The Morgan fingerprint density at radius 2 is 2.04 bits per heavy atom. The number of thioether (sulfide) groups is 1. The van der Waals surface area contributed by atoms with Crippen LogP contribution in [0.3, 0.4) is 0 Å². The fraction of sp³-hybridized carbons (Fsp3) is 0.222. The molecule has 0 aliphatic carbocycles. The third-order valence-corrected chi connectivity index (χ3v) is 4.76. The molecule has 0 saturated heterocycles. The molecule has 1 atom stereocenters. The first kappa shape index (κ1) is 17.5. The number of fused-ring (bicyclic) bond motifs is 1. The summed E-state index contributed by atoms with van der Waals surface area (Å²) in [6.07, 6.45) is -0.882. The SMILES string of the molecule is COc1cccc(-n2c(SCC(O)CO)nc3ccccc3c2=O)c1. The van der Waals surface area contributed by atoms with Gasteiger partial charge < -0.3 is 14.9 Å². The Morgan fingerprint density at radius 1 is 1.24 bits per heavy atom. The molecule has 1 heterocycles. The maximum absolute atomic E-state index is 13.0. The Balaban J connectivity index is 2.19. The van der Waals surface area contributed by atoms with Crippen LogP contribution in [0.1, 0.15) is 0 Å². The minimum atomic E-state index is -0.882. The molecule has 3 aromatic rings. The van der Waals surface area contributed by atoms with Gasteiger partial charge in [0.1, 0.15) is 5.75 Å². The van der Waals surface area contributed by atoms with E-state index in [2.05, 4.69) is 4.98 Å². The van der Waals surface area contributed by atoms with Gasteiger partial charge in [-0.2, -0.15) is 0 Å². The Bertz CT molecular complexity index is 942. The lowest BCUT2D eigenvalue weighted by atomic mass is 10.2. The summed E-state index contributed by atoms with van der Waals surface area (Å²) in [4.78, 5) is 17.6. The summed E-state index contributed by atoms with van der Waals surface area (Å²) in [6, 6.07) is 14.3. The van der Waals surface area contributed by atoms with E-state index in [1.807, 2.05) is 6.07 Å². The number of hydrogen-bond acceptors (Lipinski definition) is 6. The monoisotopic (exact) mass is 358 g/mol. The zero-order valence-corrected chi connectivity index (χ0v) is 14.4. The summed E-state index contributed by atoms with van der Waals surface area (Å²) in [6.45, 7) is -0.343. The molecule has 0 aliphatic rings. The quantitative estimate of drug-likeness (QED) is 0.517. The van der Waals surface area contributed by atoms with Crippen molar-refractivity contribution in [2.24, 2.45) is 0 Å². The molecule has 0 saturated carbocycles. The summed E-state index contributed by atoms with van der Waals surface area (Å²) in [5, 5.41) is 19.6. The van der Waals surface area contributed by atoms with Crippen LogP contribution in [-0.2, 0) is 0 Å². The highest BCUT2D eigenvalue weighted by molar-refractivity contribution is 7.99. The molecule has 0 fully saturated rings. The van der Waals surface area contributed by atoms with Crippen LogP contribution in [0.4, 0.5) is 0 Å². The minimum absolute atomic E-state index is 0.195. The number of hydrogen-bond donors (Lipinski definition) is 2. The van der Waals surface area contributed by atoms with E-state index in [9.17, 15) is 9.90 Å². The molecule has 2 N–H and O–H groups in total. The van der Waals surface area contributed by atoms with Crippen molar-refractivity contribution in [1.29, 1.82) is 0 Å². The molecule has 3 rings (SSSR count). The molecule has 0 spiro atoms. The van der Waals surface area contributed by atoms with Crippen molar-refractivity contribution >= 4 is 22.7 Å². The molecule has 2 aromatic carbocycles. The van der Waals surface area contributed by atoms with Crippen molar-refractivity contribution < 1.29 is 14.9 Å². The van der Waals surface area contributed by atoms with Gasteiger partial charge in [-0.15, -0.1) is 0 Å². The molecule has 1 aromatic heterocycles. The molecule has 25 heavy (non-hydrogen) atoms. The number of ether oxygens (including phenoxy) is 1. The van der Waals surface area contributed by atoms with Gasteiger partial charge in [0, 0.05) is 11.8 Å². The number of aromatic nitrogens is 2. The van der Waals surface area contributed by atoms with Gasteiger partial charge in [0.2, 0.25) is 0 Å². The molecule has 0 bridgehead atoms. The Morgan fingerprint density at radius 3 is 2.80 bits per heavy atom. The number of para-hydroxylation sites is 1. The van der Waals surface area contributed by atoms with Crippen LogP contribution in [0.25, 0.3) is 16.6 Å². The third kappa shape index (κ3) is 3.68. The summed E-state index contributed by atoms with van der Waals surface area (Å²) in [5.41, 5.74) is 1.02.